The Bertz CT molecular complexity index is 934. The van der Waals surface area contributed by atoms with E-state index in [1.54, 1.807) is 35.2 Å². The Morgan fingerprint density at radius 3 is 2.72 bits per heavy atom. The molecule has 1 amide bonds. The molecule has 2 aromatic heterocycles. The number of carbonyl (C=O) groups excluding carboxylic acids is 1. The fraction of sp³-hybridized carbons (Fsp3) is 0.211. The minimum Gasteiger partial charge on any atom is -0.479 e. The molecule has 1 aromatic carbocycles. The summed E-state index contributed by atoms with van der Waals surface area (Å²) in [5.74, 6) is 0.273. The second kappa shape index (κ2) is 6.05. The molecule has 0 radical (unpaired) electrons. The Morgan fingerprint density at radius 2 is 1.96 bits per heavy atom. The minimum atomic E-state index is -0.0830. The van der Waals surface area contributed by atoms with E-state index in [4.69, 9.17) is 4.74 Å². The summed E-state index contributed by atoms with van der Waals surface area (Å²) < 4.78 is 6.82. The molecule has 6 heteroatoms. The minimum absolute atomic E-state index is 0.0830. The molecule has 0 fully saturated rings. The normalized spacial score (nSPS) is 13.0. The Hall–Kier alpha value is -3.15. The first kappa shape index (κ1) is 15.4. The van der Waals surface area contributed by atoms with E-state index >= 15 is 0 Å². The number of ether oxygens (including phenoxy) is 1. The predicted molar refractivity (Wildman–Crippen MR) is 94.8 cm³/mol. The first-order valence-electron chi connectivity index (χ1n) is 8.10. The van der Waals surface area contributed by atoms with Crippen molar-refractivity contribution in [2.24, 2.45) is 7.05 Å². The maximum atomic E-state index is 12.9. The maximum Gasteiger partial charge on any atom is 0.265 e. The van der Waals surface area contributed by atoms with Crippen molar-refractivity contribution < 1.29 is 9.53 Å². The number of anilines is 1. The molecule has 25 heavy (non-hydrogen) atoms. The van der Waals surface area contributed by atoms with E-state index in [9.17, 15) is 4.79 Å². The zero-order chi connectivity index (χ0) is 17.4. The summed E-state index contributed by atoms with van der Waals surface area (Å²) >= 11 is 0. The number of methoxy groups -OCH3 is 1. The Balaban J connectivity index is 1.67. The van der Waals surface area contributed by atoms with Crippen molar-refractivity contribution in [1.82, 2.24) is 14.8 Å². The van der Waals surface area contributed by atoms with Crippen molar-refractivity contribution in [3.05, 3.63) is 60.0 Å². The van der Waals surface area contributed by atoms with Gasteiger partial charge in [-0.15, -0.1) is 5.10 Å². The molecule has 0 N–H and O–H groups in total. The summed E-state index contributed by atoms with van der Waals surface area (Å²) in [7, 11) is 3.30. The molecule has 4 rings (SSSR count). The standard InChI is InChI=1S/C19H18N4O2/c1-22-12-16(18(21-22)25-2)19(24)23-10-7-15-11-14(3-4-17(15)23)13-5-8-20-9-6-13/h3-6,8-9,11-12H,7,10H2,1-2H3. The molecule has 3 heterocycles. The van der Waals surface area contributed by atoms with E-state index in [0.717, 1.165) is 23.2 Å². The molecule has 0 saturated carbocycles. The van der Waals surface area contributed by atoms with Gasteiger partial charge in [0, 0.05) is 37.9 Å². The summed E-state index contributed by atoms with van der Waals surface area (Å²) in [6, 6.07) is 10.2. The van der Waals surface area contributed by atoms with Gasteiger partial charge in [-0.2, -0.15) is 0 Å². The first-order valence-corrected chi connectivity index (χ1v) is 8.10. The maximum absolute atomic E-state index is 12.9. The molecular formula is C19H18N4O2. The van der Waals surface area contributed by atoms with Crippen LogP contribution >= 0.6 is 0 Å². The number of carbonyl (C=O) groups is 1. The van der Waals surface area contributed by atoms with Crippen molar-refractivity contribution in [3.63, 3.8) is 0 Å². The van der Waals surface area contributed by atoms with Gasteiger partial charge < -0.3 is 9.64 Å². The zero-order valence-electron chi connectivity index (χ0n) is 14.1. The Labute approximate surface area is 145 Å². The van der Waals surface area contributed by atoms with Crippen molar-refractivity contribution in [1.29, 1.82) is 0 Å². The van der Waals surface area contributed by atoms with Gasteiger partial charge in [0.1, 0.15) is 5.56 Å². The van der Waals surface area contributed by atoms with Gasteiger partial charge in [-0.3, -0.25) is 14.5 Å². The molecule has 126 valence electrons. The molecule has 0 bridgehead atoms. The summed E-state index contributed by atoms with van der Waals surface area (Å²) in [6.45, 7) is 0.659. The third-order valence-electron chi connectivity index (χ3n) is 4.45. The van der Waals surface area contributed by atoms with Gasteiger partial charge in [0.15, 0.2) is 0 Å². The smallest absolute Gasteiger partial charge is 0.265 e. The summed E-state index contributed by atoms with van der Waals surface area (Å²) in [5, 5.41) is 4.17. The number of pyridine rings is 1. The Morgan fingerprint density at radius 1 is 1.16 bits per heavy atom. The highest BCUT2D eigenvalue weighted by atomic mass is 16.5. The number of fused-ring (bicyclic) bond motifs is 1. The van der Waals surface area contributed by atoms with Crippen LogP contribution in [-0.4, -0.2) is 34.3 Å². The van der Waals surface area contributed by atoms with Crippen LogP contribution in [0.4, 0.5) is 5.69 Å². The van der Waals surface area contributed by atoms with Crippen LogP contribution < -0.4 is 9.64 Å². The molecule has 0 spiro atoms. The topological polar surface area (TPSA) is 60.3 Å². The average molecular weight is 334 g/mol. The molecule has 0 atom stereocenters. The van der Waals surface area contributed by atoms with Gasteiger partial charge in [0.05, 0.1) is 7.11 Å². The number of hydrogen-bond acceptors (Lipinski definition) is 4. The molecule has 1 aliphatic rings. The van der Waals surface area contributed by atoms with E-state index < -0.39 is 0 Å². The van der Waals surface area contributed by atoms with E-state index in [0.29, 0.717) is 18.0 Å². The molecule has 6 nitrogen and oxygen atoms in total. The van der Waals surface area contributed by atoms with Gasteiger partial charge in [-0.05, 0) is 47.4 Å². The van der Waals surface area contributed by atoms with E-state index in [2.05, 4.69) is 16.1 Å². The first-order chi connectivity index (χ1) is 12.2. The van der Waals surface area contributed by atoms with Crippen LogP contribution in [0.15, 0.2) is 48.9 Å². The summed E-state index contributed by atoms with van der Waals surface area (Å²) in [6.07, 6.45) is 6.10. The fourth-order valence-electron chi connectivity index (χ4n) is 3.25. The van der Waals surface area contributed by atoms with Crippen molar-refractivity contribution >= 4 is 11.6 Å². The van der Waals surface area contributed by atoms with Crippen molar-refractivity contribution in [2.75, 3.05) is 18.6 Å². The van der Waals surface area contributed by atoms with Gasteiger partial charge in [0.25, 0.3) is 5.91 Å². The molecule has 0 aliphatic carbocycles. The monoisotopic (exact) mass is 334 g/mol. The lowest BCUT2D eigenvalue weighted by Crippen LogP contribution is -2.28. The number of aromatic nitrogens is 3. The van der Waals surface area contributed by atoms with Gasteiger partial charge >= 0.3 is 0 Å². The van der Waals surface area contributed by atoms with E-state index in [1.165, 1.54) is 12.7 Å². The predicted octanol–water partition coefficient (Wildman–Crippen LogP) is 2.69. The lowest BCUT2D eigenvalue weighted by atomic mass is 10.0. The number of hydrogen-bond donors (Lipinski definition) is 0. The third-order valence-corrected chi connectivity index (χ3v) is 4.45. The average Bonchev–Trinajstić information content (AvgIpc) is 3.24. The highest BCUT2D eigenvalue weighted by Gasteiger charge is 2.29. The molecular weight excluding hydrogens is 316 g/mol. The number of benzene rings is 1. The van der Waals surface area contributed by atoms with Crippen LogP contribution in [-0.2, 0) is 13.5 Å². The largest absolute Gasteiger partial charge is 0.479 e. The van der Waals surface area contributed by atoms with Crippen LogP contribution in [0.25, 0.3) is 11.1 Å². The lowest BCUT2D eigenvalue weighted by molar-refractivity contribution is 0.0986. The summed E-state index contributed by atoms with van der Waals surface area (Å²) in [5.41, 5.74) is 4.86. The highest BCUT2D eigenvalue weighted by molar-refractivity contribution is 6.08. The SMILES string of the molecule is COc1nn(C)cc1C(=O)N1CCc2cc(-c3ccncc3)ccc21. The van der Waals surface area contributed by atoms with E-state index in [-0.39, 0.29) is 5.91 Å². The van der Waals surface area contributed by atoms with Crippen LogP contribution in [0, 0.1) is 0 Å². The Kier molecular flexibility index (Phi) is 3.72. The molecule has 0 unspecified atom stereocenters. The van der Waals surface area contributed by atoms with Crippen molar-refractivity contribution in [3.8, 4) is 17.0 Å². The molecule has 1 aliphatic heterocycles. The fourth-order valence-corrected chi connectivity index (χ4v) is 3.25. The van der Waals surface area contributed by atoms with Crippen LogP contribution in [0.3, 0.4) is 0 Å². The number of aryl methyl sites for hydroxylation is 1. The van der Waals surface area contributed by atoms with Crippen molar-refractivity contribution in [2.45, 2.75) is 6.42 Å². The van der Waals surface area contributed by atoms with Gasteiger partial charge in [-0.1, -0.05) is 6.07 Å². The van der Waals surface area contributed by atoms with Crippen LogP contribution in [0.5, 0.6) is 5.88 Å². The lowest BCUT2D eigenvalue weighted by Gasteiger charge is -2.17. The second-order valence-corrected chi connectivity index (χ2v) is 6.01. The highest BCUT2D eigenvalue weighted by Crippen LogP contribution is 2.34. The van der Waals surface area contributed by atoms with Gasteiger partial charge in [-0.25, -0.2) is 0 Å². The molecule has 3 aromatic rings. The van der Waals surface area contributed by atoms with Crippen LogP contribution in [0.1, 0.15) is 15.9 Å². The van der Waals surface area contributed by atoms with E-state index in [1.807, 2.05) is 24.3 Å². The zero-order valence-corrected chi connectivity index (χ0v) is 14.1. The van der Waals surface area contributed by atoms with Gasteiger partial charge in [0.2, 0.25) is 5.88 Å². The second-order valence-electron chi connectivity index (χ2n) is 6.01. The molecule has 0 saturated heterocycles. The van der Waals surface area contributed by atoms with Crippen LogP contribution in [0.2, 0.25) is 0 Å². The number of nitrogens with zero attached hydrogens (tertiary/aromatic N) is 4. The quantitative estimate of drug-likeness (QED) is 0.739. The third kappa shape index (κ3) is 2.65. The number of rotatable bonds is 3. The summed E-state index contributed by atoms with van der Waals surface area (Å²) in [4.78, 5) is 18.8. The number of amides is 1.